The monoisotopic (exact) mass is 691 g/mol. The first kappa shape index (κ1) is 31.3. The first-order valence-corrected chi connectivity index (χ1v) is 17.4. The van der Waals surface area contributed by atoms with Gasteiger partial charge in [0.25, 0.3) is 11.6 Å². The molecule has 2 fully saturated rings. The van der Waals surface area contributed by atoms with Gasteiger partial charge in [0.05, 0.1) is 57.9 Å². The molecule has 2 aromatic carbocycles. The number of benzene rings is 2. The van der Waals surface area contributed by atoms with Gasteiger partial charge in [0.1, 0.15) is 24.0 Å². The number of nitro benzene ring substituents is 1. The molecule has 4 aliphatic heterocycles. The van der Waals surface area contributed by atoms with Crippen LogP contribution in [0.25, 0.3) is 11.0 Å². The molecule has 0 saturated carbocycles. The zero-order valence-corrected chi connectivity index (χ0v) is 27.0. The van der Waals surface area contributed by atoms with Gasteiger partial charge in [0, 0.05) is 50.0 Å². The zero-order valence-electron chi connectivity index (χ0n) is 26.2. The van der Waals surface area contributed by atoms with E-state index in [0.717, 1.165) is 24.5 Å². The zero-order chi connectivity index (χ0) is 33.9. The number of anilines is 3. The molecule has 4 aliphatic rings. The number of nitro groups is 1. The topological polar surface area (TPSA) is 204 Å². The van der Waals surface area contributed by atoms with Crippen molar-refractivity contribution in [2.24, 2.45) is 5.73 Å². The number of nitrogens with zero attached hydrogens (tertiary/aromatic N) is 4. The Hall–Kier alpha value is -4.97. The van der Waals surface area contributed by atoms with E-state index in [1.54, 1.807) is 11.1 Å². The van der Waals surface area contributed by atoms with Crippen molar-refractivity contribution in [3.05, 3.63) is 64.3 Å². The van der Waals surface area contributed by atoms with Crippen molar-refractivity contribution in [2.45, 2.75) is 34.4 Å². The number of hydrogen-bond acceptors (Lipinski definition) is 13. The summed E-state index contributed by atoms with van der Waals surface area (Å²) >= 11 is 0. The van der Waals surface area contributed by atoms with Crippen molar-refractivity contribution in [3.8, 4) is 11.6 Å². The van der Waals surface area contributed by atoms with Gasteiger partial charge in [-0.15, -0.1) is 0 Å². The first-order chi connectivity index (χ1) is 23.7. The van der Waals surface area contributed by atoms with Crippen molar-refractivity contribution in [1.82, 2.24) is 14.9 Å². The number of rotatable bonds is 7. The summed E-state index contributed by atoms with van der Waals surface area (Å²) in [7, 11) is -4.56. The third-order valence-electron chi connectivity index (χ3n) is 9.33. The minimum Gasteiger partial charge on any atom is -0.489 e. The van der Waals surface area contributed by atoms with Gasteiger partial charge in [-0.2, -0.15) is 4.98 Å². The summed E-state index contributed by atoms with van der Waals surface area (Å²) in [5, 5.41) is 16.3. The highest BCUT2D eigenvalue weighted by Gasteiger charge is 2.44. The summed E-state index contributed by atoms with van der Waals surface area (Å²) in [6.07, 6.45) is 1.62. The van der Waals surface area contributed by atoms with Crippen molar-refractivity contribution < 1.29 is 37.1 Å². The Balaban J connectivity index is 1.25. The Morgan fingerprint density at radius 2 is 1.94 bits per heavy atom. The van der Waals surface area contributed by atoms with Crippen LogP contribution < -0.4 is 25.4 Å². The molecular weight excluding hydrogens is 658 g/mol. The lowest BCUT2D eigenvalue weighted by molar-refractivity contribution is -0.384. The lowest BCUT2D eigenvalue weighted by Crippen LogP contribution is -2.53. The minimum absolute atomic E-state index is 0.0260. The number of aromatic amines is 1. The van der Waals surface area contributed by atoms with Gasteiger partial charge >= 0.3 is 0 Å². The van der Waals surface area contributed by atoms with Crippen LogP contribution in [-0.4, -0.2) is 105 Å². The van der Waals surface area contributed by atoms with Crippen molar-refractivity contribution in [2.75, 3.05) is 62.9 Å². The highest BCUT2D eigenvalue weighted by Crippen LogP contribution is 2.48. The summed E-state index contributed by atoms with van der Waals surface area (Å²) in [6, 6.07) is 9.47. The molecule has 0 radical (unpaired) electrons. The molecule has 0 bridgehead atoms. The van der Waals surface area contributed by atoms with E-state index >= 15 is 0 Å². The second-order valence-electron chi connectivity index (χ2n) is 12.3. The normalized spacial score (nSPS) is 22.2. The van der Waals surface area contributed by atoms with Crippen molar-refractivity contribution in [1.29, 1.82) is 0 Å². The summed E-state index contributed by atoms with van der Waals surface area (Å²) in [4.78, 5) is 35.8. The smallest absolute Gasteiger partial charge is 0.297 e. The standard InChI is InChI=1S/C32H33N7O9S/c33-30(40)21-2-1-3-27(29(21)38-22-5-9-46-17-26(22)48-32-24(38)12-18-4-6-34-31(18)36-32)49(43,44)20-13-23(39(41)42)28-25(14-20)47-16-19(35-28)15-37-7-10-45-11-8-37/h1-4,6,12-14,19,22,26,35H,5,7-11,15-17H2,(H2,33,40)(H,34,36)/t19-,22+,26+/m1/s1. The largest absolute Gasteiger partial charge is 0.489 e. The molecule has 49 heavy (non-hydrogen) atoms. The fraction of sp³-hybridized carbons (Fsp3) is 0.375. The van der Waals surface area contributed by atoms with Crippen LogP contribution in [0.15, 0.2) is 58.5 Å². The summed E-state index contributed by atoms with van der Waals surface area (Å²) in [6.45, 7) is 3.97. The minimum atomic E-state index is -4.56. The van der Waals surface area contributed by atoms with Gasteiger partial charge in [-0.1, -0.05) is 6.07 Å². The van der Waals surface area contributed by atoms with Crippen LogP contribution in [-0.2, 0) is 19.3 Å². The van der Waals surface area contributed by atoms with Crippen molar-refractivity contribution >= 4 is 49.5 Å². The maximum atomic E-state index is 14.7. The molecule has 1 amide bonds. The fourth-order valence-electron chi connectivity index (χ4n) is 7.01. The molecule has 0 aliphatic carbocycles. The first-order valence-electron chi connectivity index (χ1n) is 15.9. The Morgan fingerprint density at radius 3 is 2.73 bits per heavy atom. The number of fused-ring (bicyclic) bond motifs is 4. The molecule has 0 spiro atoms. The molecule has 2 aromatic heterocycles. The van der Waals surface area contributed by atoms with Gasteiger partial charge in [0.15, 0.2) is 11.4 Å². The van der Waals surface area contributed by atoms with Crippen LogP contribution in [0.3, 0.4) is 0 Å². The van der Waals surface area contributed by atoms with Crippen LogP contribution in [0.2, 0.25) is 0 Å². The fourth-order valence-corrected chi connectivity index (χ4v) is 8.51. The average molecular weight is 692 g/mol. The molecule has 8 rings (SSSR count). The van der Waals surface area contributed by atoms with Gasteiger partial charge < -0.3 is 39.9 Å². The van der Waals surface area contributed by atoms with E-state index in [1.165, 1.54) is 24.3 Å². The van der Waals surface area contributed by atoms with Crippen LogP contribution in [0.1, 0.15) is 16.8 Å². The predicted molar refractivity (Wildman–Crippen MR) is 176 cm³/mol. The molecule has 0 unspecified atom stereocenters. The number of aromatic nitrogens is 2. The molecular formula is C32H33N7O9S. The number of ether oxygens (including phenoxy) is 4. The third kappa shape index (κ3) is 5.47. The maximum Gasteiger partial charge on any atom is 0.297 e. The van der Waals surface area contributed by atoms with E-state index in [0.29, 0.717) is 44.1 Å². The third-order valence-corrected chi connectivity index (χ3v) is 11.1. The lowest BCUT2D eigenvalue weighted by atomic mass is 9.98. The second-order valence-corrected chi connectivity index (χ2v) is 14.3. The quantitative estimate of drug-likeness (QED) is 0.189. The van der Waals surface area contributed by atoms with E-state index in [2.05, 4.69) is 20.2 Å². The summed E-state index contributed by atoms with van der Waals surface area (Å²) in [5.41, 5.74) is 6.54. The van der Waals surface area contributed by atoms with Gasteiger partial charge in [-0.3, -0.25) is 19.8 Å². The number of amides is 1. The van der Waals surface area contributed by atoms with Crippen LogP contribution in [0.4, 0.5) is 22.7 Å². The SMILES string of the molecule is NC(=O)c1cccc(S(=O)(=O)c2cc3c(c([N+](=O)[O-])c2)N[C@H](CN2CCOCC2)CO3)c1N1c2cc3cc[nH]c3nc2O[C@H]2COCC[C@@H]21. The van der Waals surface area contributed by atoms with Crippen molar-refractivity contribution in [3.63, 3.8) is 0 Å². The Labute approximate surface area is 280 Å². The van der Waals surface area contributed by atoms with Crippen LogP contribution in [0, 0.1) is 10.1 Å². The predicted octanol–water partition coefficient (Wildman–Crippen LogP) is 2.60. The maximum absolute atomic E-state index is 14.7. The number of H-pyrrole nitrogens is 1. The van der Waals surface area contributed by atoms with Crippen LogP contribution >= 0.6 is 0 Å². The number of sulfone groups is 1. The summed E-state index contributed by atoms with van der Waals surface area (Å²) < 4.78 is 52.8. The number of hydrogen-bond donors (Lipinski definition) is 3. The number of primary amides is 1. The van der Waals surface area contributed by atoms with E-state index in [-0.39, 0.29) is 57.6 Å². The molecule has 6 heterocycles. The molecule has 256 valence electrons. The van der Waals surface area contributed by atoms with E-state index in [4.69, 9.17) is 24.7 Å². The van der Waals surface area contributed by atoms with Gasteiger partial charge in [-0.25, -0.2) is 8.42 Å². The number of morpholine rings is 1. The summed E-state index contributed by atoms with van der Waals surface area (Å²) in [5.74, 6) is -0.589. The molecule has 16 nitrogen and oxygen atoms in total. The number of carbonyl (C=O) groups is 1. The van der Waals surface area contributed by atoms with E-state index in [9.17, 15) is 23.3 Å². The number of pyridine rings is 1. The lowest BCUT2D eigenvalue weighted by Gasteiger charge is -2.45. The highest BCUT2D eigenvalue weighted by molar-refractivity contribution is 7.91. The Bertz CT molecular complexity index is 2080. The number of nitrogens with one attached hydrogen (secondary N) is 2. The van der Waals surface area contributed by atoms with E-state index in [1.807, 2.05) is 12.1 Å². The molecule has 4 N–H and O–H groups in total. The highest BCUT2D eigenvalue weighted by atomic mass is 32.2. The molecule has 4 aromatic rings. The number of nitrogens with two attached hydrogens (primary N) is 1. The van der Waals surface area contributed by atoms with E-state index < -0.39 is 38.5 Å². The Morgan fingerprint density at radius 1 is 1.10 bits per heavy atom. The molecule has 17 heteroatoms. The number of para-hydroxylation sites is 1. The van der Waals surface area contributed by atoms with Crippen LogP contribution in [0.5, 0.6) is 11.6 Å². The molecule has 2 saturated heterocycles. The average Bonchev–Trinajstić information content (AvgIpc) is 3.56. The second kappa shape index (κ2) is 12.2. The van der Waals surface area contributed by atoms with Gasteiger partial charge in [-0.05, 0) is 30.7 Å². The Kier molecular flexibility index (Phi) is 7.78. The number of carbonyl (C=O) groups excluding carboxylic acids is 1. The molecule has 3 atom stereocenters. The van der Waals surface area contributed by atoms with Gasteiger partial charge in [0.2, 0.25) is 15.7 Å².